The Hall–Kier alpha value is -1.28. The minimum Gasteiger partial charge on any atom is -0.377 e. The zero-order valence-corrected chi connectivity index (χ0v) is 14.0. The van der Waals surface area contributed by atoms with Gasteiger partial charge in [-0.1, -0.05) is 50.2 Å². The topological polar surface area (TPSA) is 12.0 Å². The quantitative estimate of drug-likeness (QED) is 0.720. The second-order valence-corrected chi connectivity index (χ2v) is 5.93. The predicted octanol–water partition coefficient (Wildman–Crippen LogP) is 5.88. The largest absolute Gasteiger partial charge is 0.377 e. The predicted molar refractivity (Wildman–Crippen MR) is 91.4 cm³/mol. The molecule has 0 radical (unpaired) electrons. The smallest absolute Gasteiger partial charge is 0.0511 e. The van der Waals surface area contributed by atoms with E-state index < -0.39 is 0 Å². The lowest BCUT2D eigenvalue weighted by atomic mass is 10.0. The number of nitrogens with one attached hydrogen (secondary N) is 1. The van der Waals surface area contributed by atoms with E-state index in [1.165, 1.54) is 16.7 Å². The van der Waals surface area contributed by atoms with Gasteiger partial charge < -0.3 is 5.32 Å². The Balaban J connectivity index is 2.21. The van der Waals surface area contributed by atoms with E-state index in [2.05, 4.69) is 84.5 Å². The maximum atomic E-state index is 3.67. The van der Waals surface area contributed by atoms with Gasteiger partial charge in [-0.05, 0) is 58.5 Å². The van der Waals surface area contributed by atoms with Gasteiger partial charge in [0.2, 0.25) is 0 Å². The van der Waals surface area contributed by atoms with Gasteiger partial charge in [-0.25, -0.2) is 0 Å². The summed E-state index contributed by atoms with van der Waals surface area (Å²) in [5.41, 5.74) is 5.15. The third kappa shape index (κ3) is 3.43. The number of aryl methyl sites for hydroxylation is 2. The van der Waals surface area contributed by atoms with Crippen molar-refractivity contribution in [2.45, 2.75) is 39.7 Å². The normalized spacial score (nSPS) is 12.2. The summed E-state index contributed by atoms with van der Waals surface area (Å²) in [6.07, 6.45) is 2.15. The standard InChI is InChI=1S/C18H22BrN/c1-4-14-9-11-15(12-10-14)16(5-2)20-17-8-6-7-13(3)18(17)19/h6-12,16,20H,4-5H2,1-3H3. The van der Waals surface area contributed by atoms with Gasteiger partial charge in [0, 0.05) is 10.2 Å². The van der Waals surface area contributed by atoms with E-state index in [4.69, 9.17) is 0 Å². The highest BCUT2D eigenvalue weighted by molar-refractivity contribution is 9.10. The molecule has 0 aliphatic rings. The van der Waals surface area contributed by atoms with Gasteiger partial charge in [-0.3, -0.25) is 0 Å². The molecule has 0 fully saturated rings. The van der Waals surface area contributed by atoms with E-state index in [0.29, 0.717) is 6.04 Å². The lowest BCUT2D eigenvalue weighted by Crippen LogP contribution is -2.10. The molecule has 0 aromatic heterocycles. The van der Waals surface area contributed by atoms with Crippen LogP contribution in [0.5, 0.6) is 0 Å². The fourth-order valence-corrected chi connectivity index (χ4v) is 2.73. The molecule has 20 heavy (non-hydrogen) atoms. The molecule has 0 heterocycles. The van der Waals surface area contributed by atoms with E-state index in [-0.39, 0.29) is 0 Å². The van der Waals surface area contributed by atoms with Crippen molar-refractivity contribution in [2.24, 2.45) is 0 Å². The third-order valence-corrected chi connectivity index (χ3v) is 4.77. The number of hydrogen-bond donors (Lipinski definition) is 1. The molecule has 2 rings (SSSR count). The first kappa shape index (κ1) is 15.1. The molecule has 2 aromatic carbocycles. The Labute approximate surface area is 130 Å². The number of anilines is 1. The van der Waals surface area contributed by atoms with Crippen molar-refractivity contribution in [3.63, 3.8) is 0 Å². The zero-order chi connectivity index (χ0) is 14.5. The molecule has 0 amide bonds. The Bertz CT molecular complexity index is 560. The van der Waals surface area contributed by atoms with Crippen LogP contribution < -0.4 is 5.32 Å². The second kappa shape index (κ2) is 6.94. The molecule has 0 saturated carbocycles. The highest BCUT2D eigenvalue weighted by Gasteiger charge is 2.11. The van der Waals surface area contributed by atoms with E-state index in [1.54, 1.807) is 0 Å². The van der Waals surface area contributed by atoms with Gasteiger partial charge in [-0.2, -0.15) is 0 Å². The van der Waals surface area contributed by atoms with Crippen LogP contribution in [0.4, 0.5) is 5.69 Å². The van der Waals surface area contributed by atoms with Crippen LogP contribution >= 0.6 is 15.9 Å². The van der Waals surface area contributed by atoms with Crippen molar-refractivity contribution < 1.29 is 0 Å². The summed E-state index contributed by atoms with van der Waals surface area (Å²) in [5.74, 6) is 0. The molecule has 1 nitrogen and oxygen atoms in total. The van der Waals surface area contributed by atoms with Gasteiger partial charge in [0.05, 0.1) is 6.04 Å². The van der Waals surface area contributed by atoms with Crippen molar-refractivity contribution in [1.29, 1.82) is 0 Å². The Kier molecular flexibility index (Phi) is 5.24. The Morgan fingerprint density at radius 3 is 2.35 bits per heavy atom. The van der Waals surface area contributed by atoms with Crippen molar-refractivity contribution in [3.05, 3.63) is 63.6 Å². The molecule has 2 aromatic rings. The fourth-order valence-electron chi connectivity index (χ4n) is 2.35. The van der Waals surface area contributed by atoms with E-state index in [0.717, 1.165) is 23.0 Å². The maximum absolute atomic E-state index is 3.67. The number of benzene rings is 2. The fraction of sp³-hybridized carbons (Fsp3) is 0.333. The highest BCUT2D eigenvalue weighted by Crippen LogP contribution is 2.30. The summed E-state index contributed by atoms with van der Waals surface area (Å²) in [5, 5.41) is 3.64. The van der Waals surface area contributed by atoms with Crippen LogP contribution in [0.3, 0.4) is 0 Å². The molecular weight excluding hydrogens is 310 g/mol. The minimum absolute atomic E-state index is 0.346. The van der Waals surface area contributed by atoms with Crippen molar-refractivity contribution >= 4 is 21.6 Å². The first-order valence-electron chi connectivity index (χ1n) is 7.26. The van der Waals surface area contributed by atoms with Gasteiger partial charge in [0.25, 0.3) is 0 Å². The van der Waals surface area contributed by atoms with Crippen LogP contribution in [-0.4, -0.2) is 0 Å². The summed E-state index contributed by atoms with van der Waals surface area (Å²) in [7, 11) is 0. The molecule has 0 saturated heterocycles. The molecule has 0 aliphatic carbocycles. The molecule has 1 N–H and O–H groups in total. The molecule has 1 atom stereocenters. The third-order valence-electron chi connectivity index (χ3n) is 3.72. The van der Waals surface area contributed by atoms with Gasteiger partial charge in [0.1, 0.15) is 0 Å². The van der Waals surface area contributed by atoms with Crippen LogP contribution in [-0.2, 0) is 6.42 Å². The summed E-state index contributed by atoms with van der Waals surface area (Å²) >= 11 is 3.67. The Morgan fingerprint density at radius 2 is 1.75 bits per heavy atom. The average molecular weight is 332 g/mol. The Morgan fingerprint density at radius 1 is 1.05 bits per heavy atom. The monoisotopic (exact) mass is 331 g/mol. The molecule has 106 valence electrons. The van der Waals surface area contributed by atoms with Crippen LogP contribution in [0.25, 0.3) is 0 Å². The summed E-state index contributed by atoms with van der Waals surface area (Å²) in [6.45, 7) is 6.52. The van der Waals surface area contributed by atoms with E-state index in [9.17, 15) is 0 Å². The van der Waals surface area contributed by atoms with Crippen molar-refractivity contribution in [2.75, 3.05) is 5.32 Å². The summed E-state index contributed by atoms with van der Waals surface area (Å²) in [6, 6.07) is 15.6. The van der Waals surface area contributed by atoms with Crippen LogP contribution in [0, 0.1) is 6.92 Å². The molecule has 1 unspecified atom stereocenters. The van der Waals surface area contributed by atoms with Gasteiger partial charge in [0.15, 0.2) is 0 Å². The number of halogens is 1. The van der Waals surface area contributed by atoms with Crippen LogP contribution in [0.2, 0.25) is 0 Å². The molecular formula is C18H22BrN. The van der Waals surface area contributed by atoms with Crippen molar-refractivity contribution in [3.8, 4) is 0 Å². The average Bonchev–Trinajstić information content (AvgIpc) is 2.49. The SMILES string of the molecule is CCc1ccc(C(CC)Nc2cccc(C)c2Br)cc1. The lowest BCUT2D eigenvalue weighted by Gasteiger charge is -2.20. The number of hydrogen-bond acceptors (Lipinski definition) is 1. The maximum Gasteiger partial charge on any atom is 0.0511 e. The van der Waals surface area contributed by atoms with Crippen LogP contribution in [0.15, 0.2) is 46.9 Å². The summed E-state index contributed by atoms with van der Waals surface area (Å²) in [4.78, 5) is 0. The number of rotatable bonds is 5. The molecule has 2 heteroatoms. The minimum atomic E-state index is 0.346. The van der Waals surface area contributed by atoms with E-state index >= 15 is 0 Å². The molecule has 0 bridgehead atoms. The van der Waals surface area contributed by atoms with Crippen molar-refractivity contribution in [1.82, 2.24) is 0 Å². The first-order chi connectivity index (χ1) is 9.65. The highest BCUT2D eigenvalue weighted by atomic mass is 79.9. The van der Waals surface area contributed by atoms with Gasteiger partial charge in [-0.15, -0.1) is 0 Å². The molecule has 0 spiro atoms. The summed E-state index contributed by atoms with van der Waals surface area (Å²) < 4.78 is 1.16. The molecule has 0 aliphatic heterocycles. The van der Waals surface area contributed by atoms with E-state index in [1.807, 2.05) is 0 Å². The van der Waals surface area contributed by atoms with Gasteiger partial charge >= 0.3 is 0 Å². The zero-order valence-electron chi connectivity index (χ0n) is 12.4. The second-order valence-electron chi connectivity index (χ2n) is 5.14. The lowest BCUT2D eigenvalue weighted by molar-refractivity contribution is 0.748. The first-order valence-corrected chi connectivity index (χ1v) is 8.05. The van der Waals surface area contributed by atoms with Crippen LogP contribution in [0.1, 0.15) is 43.0 Å².